The zero-order valence-corrected chi connectivity index (χ0v) is 7.94. The predicted octanol–water partition coefficient (Wildman–Crippen LogP) is 2.27. The molecular weight excluding hydrogens is 208 g/mol. The van der Waals surface area contributed by atoms with Gasteiger partial charge in [0.25, 0.3) is 0 Å². The van der Waals surface area contributed by atoms with Crippen LogP contribution in [-0.2, 0) is 0 Å². The Morgan fingerprint density at radius 2 is 1.91 bits per heavy atom. The fourth-order valence-electron chi connectivity index (χ4n) is 0.753. The molecule has 59 valence electrons. The van der Waals surface area contributed by atoms with Gasteiger partial charge in [0.05, 0.1) is 14.2 Å². The lowest BCUT2D eigenvalue weighted by atomic mass is 10.3. The first kappa shape index (κ1) is 8.40. The van der Waals surface area contributed by atoms with E-state index >= 15 is 0 Å². The second-order valence-corrected chi connectivity index (χ2v) is 2.77. The van der Waals surface area contributed by atoms with Crippen molar-refractivity contribution in [3.63, 3.8) is 0 Å². The van der Waals surface area contributed by atoms with Crippen LogP contribution in [0, 0.1) is 6.07 Å². The van der Waals surface area contributed by atoms with Crippen LogP contribution in [-0.4, -0.2) is 14.2 Å². The molecule has 0 aliphatic rings. The molecule has 0 saturated heterocycles. The number of halogens is 1. The van der Waals surface area contributed by atoms with Gasteiger partial charge < -0.3 is 9.47 Å². The average molecular weight is 216 g/mol. The Morgan fingerprint density at radius 3 is 2.45 bits per heavy atom. The quantitative estimate of drug-likeness (QED) is 0.754. The van der Waals surface area contributed by atoms with Crippen molar-refractivity contribution in [3.8, 4) is 11.5 Å². The largest absolute Gasteiger partial charge is 0.493 e. The summed E-state index contributed by atoms with van der Waals surface area (Å²) in [7, 11) is 3.20. The van der Waals surface area contributed by atoms with Gasteiger partial charge in [0, 0.05) is 10.5 Å². The maximum absolute atomic E-state index is 5.04. The van der Waals surface area contributed by atoms with Crippen molar-refractivity contribution >= 4 is 15.9 Å². The lowest BCUT2D eigenvalue weighted by molar-refractivity contribution is 0.354. The van der Waals surface area contributed by atoms with Gasteiger partial charge in [0.1, 0.15) is 0 Å². The van der Waals surface area contributed by atoms with Crippen LogP contribution < -0.4 is 9.47 Å². The molecule has 1 radical (unpaired) electrons. The molecule has 0 spiro atoms. The average Bonchev–Trinajstić information content (AvgIpc) is 2.04. The van der Waals surface area contributed by atoms with E-state index in [9.17, 15) is 0 Å². The van der Waals surface area contributed by atoms with Crippen LogP contribution in [0.5, 0.6) is 11.5 Å². The Morgan fingerprint density at radius 1 is 1.27 bits per heavy atom. The molecule has 0 aliphatic heterocycles. The molecular formula is C8H8BrO2. The van der Waals surface area contributed by atoms with Crippen LogP contribution in [0.4, 0.5) is 0 Å². The van der Waals surface area contributed by atoms with E-state index in [0.717, 1.165) is 4.47 Å². The summed E-state index contributed by atoms with van der Waals surface area (Å²) in [6.07, 6.45) is 0. The Kier molecular flexibility index (Phi) is 2.76. The van der Waals surface area contributed by atoms with E-state index in [1.165, 1.54) is 0 Å². The Balaban J connectivity index is 3.06. The third kappa shape index (κ3) is 1.87. The van der Waals surface area contributed by atoms with E-state index in [-0.39, 0.29) is 0 Å². The Bertz CT molecular complexity index is 248. The van der Waals surface area contributed by atoms with Crippen molar-refractivity contribution in [2.45, 2.75) is 0 Å². The highest BCUT2D eigenvalue weighted by atomic mass is 79.9. The topological polar surface area (TPSA) is 18.5 Å². The highest BCUT2D eigenvalue weighted by Gasteiger charge is 2.01. The van der Waals surface area contributed by atoms with E-state index in [1.807, 2.05) is 0 Å². The molecule has 0 aromatic heterocycles. The van der Waals surface area contributed by atoms with E-state index in [0.29, 0.717) is 11.5 Å². The van der Waals surface area contributed by atoms with E-state index in [4.69, 9.17) is 9.47 Å². The van der Waals surface area contributed by atoms with Crippen LogP contribution >= 0.6 is 15.9 Å². The molecule has 1 aromatic rings. The van der Waals surface area contributed by atoms with Gasteiger partial charge in [-0.05, 0) is 12.1 Å². The second kappa shape index (κ2) is 3.62. The third-order valence-corrected chi connectivity index (χ3v) is 1.74. The van der Waals surface area contributed by atoms with Gasteiger partial charge in [0.2, 0.25) is 0 Å². The highest BCUT2D eigenvalue weighted by molar-refractivity contribution is 9.10. The molecule has 1 rings (SSSR count). The number of hydrogen-bond donors (Lipinski definition) is 0. The summed E-state index contributed by atoms with van der Waals surface area (Å²) in [4.78, 5) is 0. The van der Waals surface area contributed by atoms with Gasteiger partial charge in [-0.2, -0.15) is 0 Å². The van der Waals surface area contributed by atoms with Gasteiger partial charge in [-0.3, -0.25) is 0 Å². The fraction of sp³-hybridized carbons (Fsp3) is 0.250. The summed E-state index contributed by atoms with van der Waals surface area (Å²) in [5.74, 6) is 1.40. The van der Waals surface area contributed by atoms with Gasteiger partial charge in [-0.25, -0.2) is 0 Å². The monoisotopic (exact) mass is 215 g/mol. The zero-order valence-electron chi connectivity index (χ0n) is 6.35. The minimum atomic E-state index is 0.690. The smallest absolute Gasteiger partial charge is 0.161 e. The normalized spacial score (nSPS) is 9.36. The summed E-state index contributed by atoms with van der Waals surface area (Å²) in [6, 6.07) is 6.47. The summed E-state index contributed by atoms with van der Waals surface area (Å²) in [5, 5.41) is 0. The van der Waals surface area contributed by atoms with Gasteiger partial charge in [-0.1, -0.05) is 15.9 Å². The first-order valence-electron chi connectivity index (χ1n) is 3.07. The molecule has 3 heteroatoms. The van der Waals surface area contributed by atoms with Crippen molar-refractivity contribution < 1.29 is 9.47 Å². The second-order valence-electron chi connectivity index (χ2n) is 1.92. The van der Waals surface area contributed by atoms with Crippen molar-refractivity contribution in [2.24, 2.45) is 0 Å². The minimum Gasteiger partial charge on any atom is -0.493 e. The summed E-state index contributed by atoms with van der Waals surface area (Å²) < 4.78 is 10.9. The molecule has 0 bridgehead atoms. The summed E-state index contributed by atoms with van der Waals surface area (Å²) in [6.45, 7) is 0. The molecule has 0 fully saturated rings. The summed E-state index contributed by atoms with van der Waals surface area (Å²) >= 11 is 3.28. The molecule has 1 aromatic carbocycles. The van der Waals surface area contributed by atoms with Gasteiger partial charge in [0.15, 0.2) is 11.5 Å². The van der Waals surface area contributed by atoms with Crippen LogP contribution in [0.1, 0.15) is 0 Å². The molecule has 0 N–H and O–H groups in total. The number of hydrogen-bond acceptors (Lipinski definition) is 2. The maximum Gasteiger partial charge on any atom is 0.161 e. The number of rotatable bonds is 2. The van der Waals surface area contributed by atoms with E-state index < -0.39 is 0 Å². The predicted molar refractivity (Wildman–Crippen MR) is 46.1 cm³/mol. The van der Waals surface area contributed by atoms with E-state index in [2.05, 4.69) is 22.0 Å². The molecule has 11 heavy (non-hydrogen) atoms. The van der Waals surface area contributed by atoms with E-state index in [1.54, 1.807) is 26.4 Å². The zero-order chi connectivity index (χ0) is 8.27. The Hall–Kier alpha value is -0.700. The Labute approximate surface area is 74.3 Å². The summed E-state index contributed by atoms with van der Waals surface area (Å²) in [5.41, 5.74) is 0. The molecule has 0 saturated carbocycles. The van der Waals surface area contributed by atoms with Crippen molar-refractivity contribution in [2.75, 3.05) is 14.2 Å². The third-order valence-electron chi connectivity index (χ3n) is 1.28. The highest BCUT2D eigenvalue weighted by Crippen LogP contribution is 2.28. The number of benzene rings is 1. The lowest BCUT2D eigenvalue weighted by Gasteiger charge is -2.05. The van der Waals surface area contributed by atoms with Crippen molar-refractivity contribution in [3.05, 3.63) is 22.7 Å². The van der Waals surface area contributed by atoms with Crippen LogP contribution in [0.25, 0.3) is 0 Å². The first-order valence-corrected chi connectivity index (χ1v) is 3.86. The molecule has 0 aliphatic carbocycles. The lowest BCUT2D eigenvalue weighted by Crippen LogP contribution is -1.89. The number of methoxy groups -OCH3 is 2. The molecule has 0 unspecified atom stereocenters. The molecule has 0 heterocycles. The standard InChI is InChI=1S/C8H8BrO2/c1-10-7-4-3-6(9)5-8(7)11-2/h4-5H,1-2H3. The minimum absolute atomic E-state index is 0.690. The first-order chi connectivity index (χ1) is 5.27. The van der Waals surface area contributed by atoms with Crippen LogP contribution in [0.3, 0.4) is 0 Å². The number of ether oxygens (including phenoxy) is 2. The SMILES string of the molecule is COc1c[c]c(Br)cc1OC. The van der Waals surface area contributed by atoms with Crippen LogP contribution in [0.15, 0.2) is 16.6 Å². The molecule has 0 atom stereocenters. The molecule has 0 amide bonds. The fourth-order valence-corrected chi connectivity index (χ4v) is 1.07. The molecule has 2 nitrogen and oxygen atoms in total. The van der Waals surface area contributed by atoms with Crippen molar-refractivity contribution in [1.82, 2.24) is 0 Å². The van der Waals surface area contributed by atoms with Crippen LogP contribution in [0.2, 0.25) is 0 Å². The van der Waals surface area contributed by atoms with Crippen molar-refractivity contribution in [1.29, 1.82) is 0 Å². The van der Waals surface area contributed by atoms with Gasteiger partial charge in [-0.15, -0.1) is 0 Å². The maximum atomic E-state index is 5.04. The van der Waals surface area contributed by atoms with Gasteiger partial charge >= 0.3 is 0 Å².